The Labute approximate surface area is 137 Å². The lowest BCUT2D eigenvalue weighted by Crippen LogP contribution is -2.75. The summed E-state index contributed by atoms with van der Waals surface area (Å²) in [5, 5.41) is 0. The fraction of sp³-hybridized carbons (Fsp3) is 1.00. The zero-order valence-electron chi connectivity index (χ0n) is 8.27. The standard InChI is InChI=1S/C4H12Br6Si4/c1-11(5,6)14(4,12(2,7)8)13(3,9)10/h1-4H3. The molecule has 0 spiro atoms. The van der Waals surface area contributed by atoms with Crippen LogP contribution in [-0.2, 0) is 0 Å². The lowest BCUT2D eigenvalue weighted by molar-refractivity contribution is 2.12. The first kappa shape index (κ1) is 17.7. The summed E-state index contributed by atoms with van der Waals surface area (Å²) in [5.41, 5.74) is 0. The van der Waals surface area contributed by atoms with E-state index in [0.29, 0.717) is 0 Å². The molecule has 0 aliphatic heterocycles. The van der Waals surface area contributed by atoms with Crippen LogP contribution in [0.15, 0.2) is 0 Å². The minimum absolute atomic E-state index is 1.44. The highest BCUT2D eigenvalue weighted by molar-refractivity contribution is 9.62. The summed E-state index contributed by atoms with van der Waals surface area (Å²) in [4.78, 5) is -4.45. The molecule has 0 saturated carbocycles. The molecule has 0 saturated heterocycles. The molecule has 14 heavy (non-hydrogen) atoms. The van der Waals surface area contributed by atoms with Gasteiger partial charge in [0.1, 0.15) is 6.63 Å². The van der Waals surface area contributed by atoms with Gasteiger partial charge in [-0.2, -0.15) is 0 Å². The molecule has 0 aromatic carbocycles. The first-order valence-corrected chi connectivity index (χ1v) is 30.4. The van der Waals surface area contributed by atoms with Crippen molar-refractivity contribution in [2.75, 3.05) is 0 Å². The lowest BCUT2D eigenvalue weighted by atomic mass is 11.9. The second-order valence-corrected chi connectivity index (χ2v) is 85.2. The van der Waals surface area contributed by atoms with Gasteiger partial charge < -0.3 is 0 Å². The third-order valence-electron chi connectivity index (χ3n) is 2.63. The largest absolute Gasteiger partial charge is 0.187 e. The van der Waals surface area contributed by atoms with Gasteiger partial charge in [-0.1, -0.05) is 26.2 Å². The maximum Gasteiger partial charge on any atom is 0.187 e. The van der Waals surface area contributed by atoms with Crippen LogP contribution in [0.4, 0.5) is 0 Å². The molecule has 0 N–H and O–H groups in total. The molecule has 0 bridgehead atoms. The third-order valence-corrected chi connectivity index (χ3v) is 133. The molecular weight excluding hydrogens is 640 g/mol. The maximum absolute atomic E-state index is 3.94. The fourth-order valence-corrected chi connectivity index (χ4v) is 246. The summed E-state index contributed by atoms with van der Waals surface area (Å²) < 4.78 is 0. The van der Waals surface area contributed by atoms with E-state index in [-0.39, 0.29) is 0 Å². The van der Waals surface area contributed by atoms with Crippen LogP contribution in [0.25, 0.3) is 0 Å². The molecule has 0 amide bonds. The first-order valence-electron chi connectivity index (χ1n) is 3.88. The molecule has 0 heterocycles. The van der Waals surface area contributed by atoms with Crippen LogP contribution in [0, 0.1) is 0 Å². The van der Waals surface area contributed by atoms with Crippen molar-refractivity contribution in [2.45, 2.75) is 26.2 Å². The van der Waals surface area contributed by atoms with Crippen LogP contribution in [0.1, 0.15) is 0 Å². The maximum atomic E-state index is 3.94. The summed E-state index contributed by atoms with van der Waals surface area (Å²) in [6, 6.07) is 0. The van der Waals surface area contributed by atoms with Gasteiger partial charge in [0.2, 0.25) is 0 Å². The Balaban J connectivity index is 5.54. The Morgan fingerprint density at radius 3 is 0.643 bits per heavy atom. The van der Waals surface area contributed by atoms with Crippen LogP contribution in [-0.4, -0.2) is 21.1 Å². The summed E-state index contributed by atoms with van der Waals surface area (Å²) in [6.07, 6.45) is 0. The van der Waals surface area contributed by atoms with Crippen molar-refractivity contribution in [3.63, 3.8) is 0 Å². The topological polar surface area (TPSA) is 0 Å². The molecule has 0 nitrogen and oxygen atoms in total. The number of halogens is 6. The van der Waals surface area contributed by atoms with Crippen LogP contribution in [0.2, 0.25) is 26.2 Å². The Bertz CT molecular complexity index is 175. The highest BCUT2D eigenvalue weighted by atomic mass is 79.9. The number of rotatable bonds is 3. The average molecular weight is 652 g/mol. The second kappa shape index (κ2) is 5.39. The highest BCUT2D eigenvalue weighted by Crippen LogP contribution is 2.51. The molecular formula is C4H12Br6Si4. The van der Waals surface area contributed by atoms with E-state index in [1.165, 1.54) is 0 Å². The van der Waals surface area contributed by atoms with Gasteiger partial charge in [-0.15, -0.1) is 91.8 Å². The summed E-state index contributed by atoms with van der Waals surface area (Å²) >= 11 is 23.6. The van der Waals surface area contributed by atoms with Gasteiger partial charge in [-0.05, 0) is 0 Å². The zero-order chi connectivity index (χ0) is 12.0. The van der Waals surface area contributed by atoms with Gasteiger partial charge in [-0.3, -0.25) is 0 Å². The predicted molar refractivity (Wildman–Crippen MR) is 100 cm³/mol. The van der Waals surface area contributed by atoms with Crippen LogP contribution >= 0.6 is 91.8 Å². The Hall–Kier alpha value is 3.75. The van der Waals surface area contributed by atoms with E-state index >= 15 is 0 Å². The van der Waals surface area contributed by atoms with Gasteiger partial charge >= 0.3 is 0 Å². The van der Waals surface area contributed by atoms with Crippen molar-refractivity contribution < 1.29 is 0 Å². The van der Waals surface area contributed by atoms with E-state index in [1.54, 1.807) is 0 Å². The van der Waals surface area contributed by atoms with Crippen LogP contribution in [0.3, 0.4) is 0 Å². The molecule has 86 valence electrons. The summed E-state index contributed by atoms with van der Waals surface area (Å²) in [6.45, 7) is 8.09. The van der Waals surface area contributed by atoms with E-state index in [1.807, 2.05) is 0 Å². The SMILES string of the molecule is C[Si](Br)(Br)[Si](C)([Si](C)(Br)Br)[Si](C)(Br)Br. The molecule has 0 aromatic heterocycles. The van der Waals surface area contributed by atoms with E-state index in [0.717, 1.165) is 0 Å². The zero-order valence-corrected chi connectivity index (χ0v) is 21.8. The van der Waals surface area contributed by atoms with Crippen molar-refractivity contribution in [3.05, 3.63) is 0 Å². The van der Waals surface area contributed by atoms with E-state index in [9.17, 15) is 0 Å². The van der Waals surface area contributed by atoms with Gasteiger partial charge in [0.15, 0.2) is 14.5 Å². The molecule has 0 aliphatic carbocycles. The van der Waals surface area contributed by atoms with Crippen molar-refractivity contribution in [2.24, 2.45) is 0 Å². The fourth-order valence-electron chi connectivity index (χ4n) is 1.16. The number of hydrogen-bond donors (Lipinski definition) is 0. The van der Waals surface area contributed by atoms with E-state index in [4.69, 9.17) is 0 Å². The molecule has 0 aliphatic rings. The third kappa shape index (κ3) is 3.62. The Kier molecular flexibility index (Phi) is 6.84. The molecule has 10 heteroatoms. The quantitative estimate of drug-likeness (QED) is 0.264. The van der Waals surface area contributed by atoms with Crippen molar-refractivity contribution in [1.82, 2.24) is 0 Å². The van der Waals surface area contributed by atoms with E-state index < -0.39 is 21.1 Å². The Morgan fingerprint density at radius 2 is 0.643 bits per heavy atom. The minimum atomic E-state index is -1.48. The number of hydrogen-bond acceptors (Lipinski definition) is 0. The minimum Gasteiger partial charge on any atom is -0.115 e. The summed E-state index contributed by atoms with van der Waals surface area (Å²) in [5.74, 6) is 0. The lowest BCUT2D eigenvalue weighted by Gasteiger charge is -2.46. The summed E-state index contributed by atoms with van der Waals surface area (Å²) in [7, 11) is 0. The van der Waals surface area contributed by atoms with Crippen LogP contribution in [0.5, 0.6) is 0 Å². The smallest absolute Gasteiger partial charge is 0.115 e. The van der Waals surface area contributed by atoms with Gasteiger partial charge in [0.25, 0.3) is 0 Å². The van der Waals surface area contributed by atoms with Crippen molar-refractivity contribution in [1.29, 1.82) is 0 Å². The molecule has 0 rings (SSSR count). The van der Waals surface area contributed by atoms with Crippen molar-refractivity contribution >= 4 is 113 Å². The average Bonchev–Trinajstić information content (AvgIpc) is 1.77. The monoisotopic (exact) mass is 646 g/mol. The molecule has 0 unspecified atom stereocenters. The van der Waals surface area contributed by atoms with Gasteiger partial charge in [-0.25, -0.2) is 0 Å². The Morgan fingerprint density at radius 1 is 0.500 bits per heavy atom. The van der Waals surface area contributed by atoms with Gasteiger partial charge in [0, 0.05) is 0 Å². The predicted octanol–water partition coefficient (Wildman–Crippen LogP) is 5.89. The second-order valence-electron chi connectivity index (χ2n) is 3.79. The van der Waals surface area contributed by atoms with Gasteiger partial charge in [0.05, 0.1) is 0 Å². The normalized spacial score (nSPS) is 15.9. The molecule has 0 aromatic rings. The van der Waals surface area contributed by atoms with Crippen LogP contribution < -0.4 is 0 Å². The highest BCUT2D eigenvalue weighted by Gasteiger charge is 2.66. The van der Waals surface area contributed by atoms with E-state index in [2.05, 4.69) is 118 Å². The van der Waals surface area contributed by atoms with Crippen molar-refractivity contribution in [3.8, 4) is 0 Å². The molecule has 0 fully saturated rings. The molecule has 0 radical (unpaired) electrons. The molecule has 0 atom stereocenters. The first-order chi connectivity index (χ1) is 5.75.